The molecule has 0 fully saturated rings. The number of carbonyl (C=O) groups excluding carboxylic acids is 1. The van der Waals surface area contributed by atoms with E-state index in [1.807, 2.05) is 63.2 Å². The van der Waals surface area contributed by atoms with Crippen LogP contribution >= 0.6 is 0 Å². The summed E-state index contributed by atoms with van der Waals surface area (Å²) in [5, 5.41) is 14.6. The fraction of sp³-hybridized carbons (Fsp3) is 0.345. The molecule has 0 radical (unpaired) electrons. The molecule has 8 heteroatoms. The van der Waals surface area contributed by atoms with Gasteiger partial charge in [0.1, 0.15) is 0 Å². The first-order valence-electron chi connectivity index (χ1n) is 12.4. The molecular formula is C29H37N3O4S. The molecule has 1 amide bonds. The molecule has 0 aromatic heterocycles. The van der Waals surface area contributed by atoms with Gasteiger partial charge in [-0.3, -0.25) is 4.79 Å². The first-order valence-corrected chi connectivity index (χ1v) is 13.8. The third kappa shape index (κ3) is 7.19. The third-order valence-electron chi connectivity index (χ3n) is 6.40. The van der Waals surface area contributed by atoms with Crippen molar-refractivity contribution in [1.82, 2.24) is 9.62 Å². The van der Waals surface area contributed by atoms with Gasteiger partial charge in [0.25, 0.3) is 5.91 Å². The maximum Gasteiger partial charge on any atom is 0.252 e. The van der Waals surface area contributed by atoms with Gasteiger partial charge >= 0.3 is 0 Å². The van der Waals surface area contributed by atoms with E-state index in [9.17, 15) is 18.3 Å². The van der Waals surface area contributed by atoms with Crippen molar-refractivity contribution in [2.45, 2.75) is 50.7 Å². The predicted molar refractivity (Wildman–Crippen MR) is 148 cm³/mol. The fourth-order valence-electron chi connectivity index (χ4n) is 4.28. The summed E-state index contributed by atoms with van der Waals surface area (Å²) in [5.74, 6) is -0.315. The van der Waals surface area contributed by atoms with Crippen LogP contribution in [0.3, 0.4) is 0 Å². The first-order chi connectivity index (χ1) is 17.4. The number of aryl methyl sites for hydroxylation is 1. The van der Waals surface area contributed by atoms with Crippen LogP contribution in [0.2, 0.25) is 0 Å². The van der Waals surface area contributed by atoms with Gasteiger partial charge in [-0.2, -0.15) is 4.31 Å². The topological polar surface area (TPSA) is 113 Å². The second-order valence-electron chi connectivity index (χ2n) is 10.1. The Morgan fingerprint density at radius 1 is 0.973 bits per heavy atom. The van der Waals surface area contributed by atoms with Crippen molar-refractivity contribution in [2.24, 2.45) is 5.92 Å². The minimum absolute atomic E-state index is 0.0118. The Labute approximate surface area is 220 Å². The predicted octanol–water partition coefficient (Wildman–Crippen LogP) is 4.02. The first kappa shape index (κ1) is 28.4. The molecule has 7 nitrogen and oxygen atoms in total. The van der Waals surface area contributed by atoms with Crippen molar-refractivity contribution in [3.63, 3.8) is 0 Å². The molecule has 0 saturated carbocycles. The highest BCUT2D eigenvalue weighted by atomic mass is 32.2. The van der Waals surface area contributed by atoms with Crippen molar-refractivity contribution in [3.05, 3.63) is 95.6 Å². The molecule has 37 heavy (non-hydrogen) atoms. The number of benzene rings is 3. The number of rotatable bonds is 11. The Balaban J connectivity index is 1.96. The van der Waals surface area contributed by atoms with Gasteiger partial charge < -0.3 is 16.2 Å². The summed E-state index contributed by atoms with van der Waals surface area (Å²) in [6.07, 6.45) is -0.896. The van der Waals surface area contributed by atoms with Crippen LogP contribution < -0.4 is 11.1 Å². The second-order valence-corrected chi connectivity index (χ2v) is 12.1. The monoisotopic (exact) mass is 523 g/mol. The van der Waals surface area contributed by atoms with Crippen molar-refractivity contribution in [3.8, 4) is 0 Å². The number of hydrogen-bond donors (Lipinski definition) is 3. The molecule has 0 aliphatic carbocycles. The summed E-state index contributed by atoms with van der Waals surface area (Å²) < 4.78 is 28.4. The van der Waals surface area contributed by atoms with E-state index >= 15 is 0 Å². The lowest BCUT2D eigenvalue weighted by Crippen LogP contribution is -2.59. The molecular weight excluding hydrogens is 486 g/mol. The van der Waals surface area contributed by atoms with E-state index in [0.717, 1.165) is 11.1 Å². The van der Waals surface area contributed by atoms with Gasteiger partial charge in [0, 0.05) is 24.3 Å². The lowest BCUT2D eigenvalue weighted by molar-refractivity contribution is 0.0455. The van der Waals surface area contributed by atoms with Crippen molar-refractivity contribution in [1.29, 1.82) is 0 Å². The molecule has 2 atom stereocenters. The standard InChI is InChI=1S/C29H37N3O4S/c1-21(2)19-32(37(35,36)25-16-14-24(30)15-17-25)20-27(33)29(4,18-23-11-6-5-7-12-23)31-28(34)26-13-9-8-10-22(26)3/h5-17,21,27,33H,18-20,30H2,1-4H3,(H,31,34)/t27-,29+/m1/s1. The quantitative estimate of drug-likeness (QED) is 0.329. The van der Waals surface area contributed by atoms with E-state index in [0.29, 0.717) is 17.7 Å². The number of amides is 1. The number of anilines is 1. The number of nitrogens with zero attached hydrogens (tertiary/aromatic N) is 1. The van der Waals surface area contributed by atoms with Crippen LogP contribution in [0.25, 0.3) is 0 Å². The Morgan fingerprint density at radius 3 is 2.16 bits per heavy atom. The van der Waals surface area contributed by atoms with Crippen LogP contribution in [-0.2, 0) is 16.4 Å². The zero-order chi connectivity index (χ0) is 27.2. The molecule has 4 N–H and O–H groups in total. The number of nitrogen functional groups attached to an aromatic ring is 1. The Bertz CT molecular complexity index is 1290. The van der Waals surface area contributed by atoms with Crippen LogP contribution in [0.4, 0.5) is 5.69 Å². The average molecular weight is 524 g/mol. The van der Waals surface area contributed by atoms with Gasteiger partial charge in [-0.1, -0.05) is 62.4 Å². The van der Waals surface area contributed by atoms with E-state index < -0.39 is 21.7 Å². The largest absolute Gasteiger partial charge is 0.399 e. The molecule has 0 heterocycles. The minimum Gasteiger partial charge on any atom is -0.399 e. The molecule has 3 aromatic rings. The normalized spacial score (nSPS) is 14.4. The Hall–Kier alpha value is -3.20. The maximum absolute atomic E-state index is 13.6. The van der Waals surface area contributed by atoms with Gasteiger partial charge in [-0.05, 0) is 67.6 Å². The van der Waals surface area contributed by atoms with E-state index in [4.69, 9.17) is 5.73 Å². The second kappa shape index (κ2) is 11.9. The summed E-state index contributed by atoms with van der Waals surface area (Å²) in [6, 6.07) is 22.8. The van der Waals surface area contributed by atoms with Gasteiger partial charge in [-0.15, -0.1) is 0 Å². The van der Waals surface area contributed by atoms with E-state index in [1.165, 1.54) is 16.4 Å². The van der Waals surface area contributed by atoms with E-state index in [2.05, 4.69) is 5.32 Å². The van der Waals surface area contributed by atoms with Crippen LogP contribution in [0.15, 0.2) is 83.8 Å². The highest BCUT2D eigenvalue weighted by molar-refractivity contribution is 7.89. The summed E-state index contributed by atoms with van der Waals surface area (Å²) in [5.41, 5.74) is 7.28. The number of aliphatic hydroxyl groups excluding tert-OH is 1. The lowest BCUT2D eigenvalue weighted by atomic mass is 9.86. The summed E-state index contributed by atoms with van der Waals surface area (Å²) in [7, 11) is -3.92. The number of nitrogens with one attached hydrogen (secondary N) is 1. The Kier molecular flexibility index (Phi) is 9.12. The zero-order valence-corrected chi connectivity index (χ0v) is 22.7. The molecule has 0 aliphatic heterocycles. The average Bonchev–Trinajstić information content (AvgIpc) is 2.84. The summed E-state index contributed by atoms with van der Waals surface area (Å²) >= 11 is 0. The lowest BCUT2D eigenvalue weighted by Gasteiger charge is -2.38. The van der Waals surface area contributed by atoms with Gasteiger partial charge in [0.2, 0.25) is 10.0 Å². The van der Waals surface area contributed by atoms with Crippen LogP contribution in [-0.4, -0.2) is 48.5 Å². The third-order valence-corrected chi connectivity index (χ3v) is 8.25. The molecule has 0 unspecified atom stereocenters. The summed E-state index contributed by atoms with van der Waals surface area (Å²) in [6.45, 7) is 7.45. The molecule has 0 aliphatic rings. The number of aliphatic hydroxyl groups is 1. The number of hydrogen-bond acceptors (Lipinski definition) is 5. The highest BCUT2D eigenvalue weighted by Crippen LogP contribution is 2.24. The maximum atomic E-state index is 13.6. The molecule has 3 rings (SSSR count). The van der Waals surface area contributed by atoms with Gasteiger partial charge in [-0.25, -0.2) is 8.42 Å². The molecule has 3 aromatic carbocycles. The number of sulfonamides is 1. The molecule has 0 saturated heterocycles. The van der Waals surface area contributed by atoms with Crippen molar-refractivity contribution in [2.75, 3.05) is 18.8 Å². The SMILES string of the molecule is Cc1ccccc1C(=O)N[C@@](C)(Cc1ccccc1)[C@H](O)CN(CC(C)C)S(=O)(=O)c1ccc(N)cc1. The highest BCUT2D eigenvalue weighted by Gasteiger charge is 2.39. The van der Waals surface area contributed by atoms with E-state index in [1.54, 1.807) is 31.2 Å². The van der Waals surface area contributed by atoms with Crippen LogP contribution in [0.5, 0.6) is 0 Å². The van der Waals surface area contributed by atoms with Gasteiger partial charge in [0.15, 0.2) is 0 Å². The Morgan fingerprint density at radius 2 is 1.57 bits per heavy atom. The molecule has 0 spiro atoms. The molecule has 0 bridgehead atoms. The van der Waals surface area contributed by atoms with Crippen LogP contribution in [0, 0.1) is 12.8 Å². The van der Waals surface area contributed by atoms with E-state index in [-0.39, 0.29) is 29.8 Å². The van der Waals surface area contributed by atoms with Crippen molar-refractivity contribution >= 4 is 21.6 Å². The smallest absolute Gasteiger partial charge is 0.252 e. The minimum atomic E-state index is -3.92. The summed E-state index contributed by atoms with van der Waals surface area (Å²) in [4.78, 5) is 13.4. The zero-order valence-electron chi connectivity index (χ0n) is 21.9. The molecule has 198 valence electrons. The number of nitrogens with two attached hydrogens (primary N) is 1. The van der Waals surface area contributed by atoms with Crippen molar-refractivity contribution < 1.29 is 18.3 Å². The fourth-order valence-corrected chi connectivity index (χ4v) is 5.89. The van der Waals surface area contributed by atoms with Crippen LogP contribution in [0.1, 0.15) is 42.3 Å². The number of carbonyl (C=O) groups is 1. The van der Waals surface area contributed by atoms with Gasteiger partial charge in [0.05, 0.1) is 16.5 Å².